The van der Waals surface area contributed by atoms with Crippen LogP contribution < -0.4 is 15.4 Å². The van der Waals surface area contributed by atoms with Crippen molar-refractivity contribution in [1.29, 1.82) is 0 Å². The molecule has 30 heavy (non-hydrogen) atoms. The van der Waals surface area contributed by atoms with Crippen LogP contribution in [-0.2, 0) is 16.0 Å². The summed E-state index contributed by atoms with van der Waals surface area (Å²) in [5, 5.41) is 6.12. The van der Waals surface area contributed by atoms with Crippen molar-refractivity contribution in [1.82, 2.24) is 0 Å². The van der Waals surface area contributed by atoms with Crippen LogP contribution in [0, 0.1) is 0 Å². The number of hydrogen-bond acceptors (Lipinski definition) is 5. The SMILES string of the molecule is CNc1ccc(-c2ccc(CCOC=O)cc2NC(=O)c2ccc(OC)cc2)cc1. The number of carbonyl (C=O) groups is 2. The Morgan fingerprint density at radius 1 is 1.00 bits per heavy atom. The minimum atomic E-state index is -0.216. The Morgan fingerprint density at radius 2 is 1.73 bits per heavy atom. The molecule has 0 saturated heterocycles. The van der Waals surface area contributed by atoms with Crippen molar-refractivity contribution in [2.24, 2.45) is 0 Å². The number of nitrogens with one attached hydrogen (secondary N) is 2. The monoisotopic (exact) mass is 404 g/mol. The standard InChI is InChI=1S/C24H24N2O4/c1-25-20-8-4-18(5-9-20)22-12-3-17(13-14-30-16-27)15-23(22)26-24(28)19-6-10-21(29-2)11-7-19/h3-12,15-16,25H,13-14H2,1-2H3,(H,26,28). The van der Waals surface area contributed by atoms with E-state index in [2.05, 4.69) is 10.6 Å². The lowest BCUT2D eigenvalue weighted by Gasteiger charge is -2.14. The van der Waals surface area contributed by atoms with E-state index in [-0.39, 0.29) is 12.5 Å². The molecule has 0 aliphatic carbocycles. The van der Waals surface area contributed by atoms with E-state index in [1.165, 1.54) is 0 Å². The van der Waals surface area contributed by atoms with E-state index >= 15 is 0 Å². The Hall–Kier alpha value is -3.80. The van der Waals surface area contributed by atoms with E-state index in [1.807, 2.05) is 49.5 Å². The maximum atomic E-state index is 12.8. The van der Waals surface area contributed by atoms with Gasteiger partial charge in [0.15, 0.2) is 0 Å². The highest BCUT2D eigenvalue weighted by molar-refractivity contribution is 6.06. The molecular weight excluding hydrogens is 380 g/mol. The molecule has 3 aromatic carbocycles. The van der Waals surface area contributed by atoms with Crippen LogP contribution in [0.4, 0.5) is 11.4 Å². The first-order chi connectivity index (χ1) is 14.6. The van der Waals surface area contributed by atoms with Gasteiger partial charge in [0.1, 0.15) is 5.75 Å². The predicted octanol–water partition coefficient (Wildman–Crippen LogP) is 4.37. The summed E-state index contributed by atoms with van der Waals surface area (Å²) >= 11 is 0. The fraction of sp³-hybridized carbons (Fsp3) is 0.167. The number of carbonyl (C=O) groups excluding carboxylic acids is 2. The van der Waals surface area contributed by atoms with Gasteiger partial charge in [-0.05, 0) is 53.6 Å². The van der Waals surface area contributed by atoms with Crippen molar-refractivity contribution in [2.75, 3.05) is 31.4 Å². The van der Waals surface area contributed by atoms with Crippen molar-refractivity contribution in [2.45, 2.75) is 6.42 Å². The molecule has 1 amide bonds. The number of rotatable bonds is 9. The number of benzene rings is 3. The highest BCUT2D eigenvalue weighted by Crippen LogP contribution is 2.31. The largest absolute Gasteiger partial charge is 0.497 e. The molecule has 0 atom stereocenters. The van der Waals surface area contributed by atoms with Gasteiger partial charge in [-0.25, -0.2) is 0 Å². The average Bonchev–Trinajstić information content (AvgIpc) is 2.79. The maximum Gasteiger partial charge on any atom is 0.293 e. The lowest BCUT2D eigenvalue weighted by atomic mass is 9.99. The highest BCUT2D eigenvalue weighted by atomic mass is 16.5. The quantitative estimate of drug-likeness (QED) is 0.409. The van der Waals surface area contributed by atoms with Crippen LogP contribution in [0.15, 0.2) is 66.7 Å². The van der Waals surface area contributed by atoms with Gasteiger partial charge in [0.2, 0.25) is 0 Å². The molecule has 0 radical (unpaired) electrons. The number of ether oxygens (including phenoxy) is 2. The van der Waals surface area contributed by atoms with E-state index in [9.17, 15) is 9.59 Å². The van der Waals surface area contributed by atoms with Gasteiger partial charge in [0.05, 0.1) is 13.7 Å². The van der Waals surface area contributed by atoms with Crippen LogP contribution in [0.3, 0.4) is 0 Å². The fourth-order valence-electron chi connectivity index (χ4n) is 3.08. The van der Waals surface area contributed by atoms with Crippen molar-refractivity contribution >= 4 is 23.8 Å². The van der Waals surface area contributed by atoms with Gasteiger partial charge in [0.25, 0.3) is 12.4 Å². The zero-order valence-corrected chi connectivity index (χ0v) is 17.0. The van der Waals surface area contributed by atoms with Gasteiger partial charge in [0, 0.05) is 36.0 Å². The zero-order valence-electron chi connectivity index (χ0n) is 17.0. The second-order valence-corrected chi connectivity index (χ2v) is 6.61. The summed E-state index contributed by atoms with van der Waals surface area (Å²) in [4.78, 5) is 23.2. The first-order valence-electron chi connectivity index (χ1n) is 9.56. The van der Waals surface area contributed by atoms with E-state index < -0.39 is 0 Å². The van der Waals surface area contributed by atoms with Crippen LogP contribution in [0.2, 0.25) is 0 Å². The first kappa shape index (κ1) is 20.9. The molecular formula is C24H24N2O4. The molecule has 0 saturated carbocycles. The third-order valence-electron chi connectivity index (χ3n) is 4.75. The molecule has 0 heterocycles. The highest BCUT2D eigenvalue weighted by Gasteiger charge is 2.12. The summed E-state index contributed by atoms with van der Waals surface area (Å²) in [5.74, 6) is 0.473. The van der Waals surface area contributed by atoms with Crippen molar-refractivity contribution in [3.05, 3.63) is 77.9 Å². The molecule has 0 spiro atoms. The van der Waals surface area contributed by atoms with E-state index in [1.54, 1.807) is 31.4 Å². The molecule has 6 heteroatoms. The van der Waals surface area contributed by atoms with Crippen LogP contribution in [-0.4, -0.2) is 33.1 Å². The molecule has 0 aliphatic rings. The number of hydrogen-bond donors (Lipinski definition) is 2. The van der Waals surface area contributed by atoms with E-state index in [4.69, 9.17) is 9.47 Å². The number of anilines is 2. The lowest BCUT2D eigenvalue weighted by molar-refractivity contribution is -0.128. The van der Waals surface area contributed by atoms with Crippen LogP contribution in [0.25, 0.3) is 11.1 Å². The molecule has 2 N–H and O–H groups in total. The molecule has 0 aromatic heterocycles. The minimum absolute atomic E-state index is 0.216. The third-order valence-corrected chi connectivity index (χ3v) is 4.75. The minimum Gasteiger partial charge on any atom is -0.497 e. The molecule has 0 bridgehead atoms. The van der Waals surface area contributed by atoms with Gasteiger partial charge < -0.3 is 20.1 Å². The summed E-state index contributed by atoms with van der Waals surface area (Å²) in [6, 6.07) is 20.8. The van der Waals surface area contributed by atoms with E-state index in [0.29, 0.717) is 29.9 Å². The third kappa shape index (κ3) is 5.17. The van der Waals surface area contributed by atoms with Gasteiger partial charge >= 0.3 is 0 Å². The molecule has 3 aromatic rings. The lowest BCUT2D eigenvalue weighted by Crippen LogP contribution is -2.13. The zero-order chi connectivity index (χ0) is 21.3. The Labute approximate surface area is 175 Å². The number of amides is 1. The summed E-state index contributed by atoms with van der Waals surface area (Å²) in [6.45, 7) is 0.718. The topological polar surface area (TPSA) is 76.7 Å². The van der Waals surface area contributed by atoms with Crippen LogP contribution in [0.5, 0.6) is 5.75 Å². The van der Waals surface area contributed by atoms with Crippen LogP contribution >= 0.6 is 0 Å². The molecule has 6 nitrogen and oxygen atoms in total. The second-order valence-electron chi connectivity index (χ2n) is 6.61. The Bertz CT molecular complexity index is 999. The van der Waals surface area contributed by atoms with Crippen molar-refractivity contribution in [3.63, 3.8) is 0 Å². The van der Waals surface area contributed by atoms with Gasteiger partial charge in [-0.1, -0.05) is 24.3 Å². The average molecular weight is 404 g/mol. The predicted molar refractivity (Wildman–Crippen MR) is 118 cm³/mol. The Balaban J connectivity index is 1.91. The molecule has 0 unspecified atom stereocenters. The summed E-state index contributed by atoms with van der Waals surface area (Å²) < 4.78 is 9.96. The van der Waals surface area contributed by atoms with Crippen molar-refractivity contribution in [3.8, 4) is 16.9 Å². The maximum absolute atomic E-state index is 12.8. The molecule has 0 aliphatic heterocycles. The number of methoxy groups -OCH3 is 1. The normalized spacial score (nSPS) is 10.2. The Morgan fingerprint density at radius 3 is 2.37 bits per heavy atom. The molecule has 3 rings (SSSR count). The first-order valence-corrected chi connectivity index (χ1v) is 9.56. The Kier molecular flexibility index (Phi) is 7.05. The fourth-order valence-corrected chi connectivity index (χ4v) is 3.08. The van der Waals surface area contributed by atoms with Gasteiger partial charge in [-0.2, -0.15) is 0 Å². The summed E-state index contributed by atoms with van der Waals surface area (Å²) in [5.41, 5.74) is 5.07. The van der Waals surface area contributed by atoms with Gasteiger partial charge in [-0.3, -0.25) is 9.59 Å². The summed E-state index contributed by atoms with van der Waals surface area (Å²) in [6.07, 6.45) is 0.559. The van der Waals surface area contributed by atoms with Crippen molar-refractivity contribution < 1.29 is 19.1 Å². The molecule has 154 valence electrons. The molecule has 0 fully saturated rings. The second kappa shape index (κ2) is 10.1. The van der Waals surface area contributed by atoms with E-state index in [0.717, 1.165) is 22.4 Å². The smallest absolute Gasteiger partial charge is 0.293 e. The van der Waals surface area contributed by atoms with Gasteiger partial charge in [-0.15, -0.1) is 0 Å². The summed E-state index contributed by atoms with van der Waals surface area (Å²) in [7, 11) is 3.45. The van der Waals surface area contributed by atoms with Crippen LogP contribution in [0.1, 0.15) is 15.9 Å².